The van der Waals surface area contributed by atoms with E-state index in [4.69, 9.17) is 4.99 Å². The first-order valence-electron chi connectivity index (χ1n) is 7.21. The maximum absolute atomic E-state index is 4.75. The minimum absolute atomic E-state index is 0.404. The molecular formula is C14H24N2S. The number of amidine groups is 1. The normalized spacial score (nSPS) is 39.8. The maximum Gasteiger partial charge on any atom is 0.157 e. The molecule has 17 heavy (non-hydrogen) atoms. The molecule has 96 valence electrons. The number of thioether (sulfide) groups is 1. The van der Waals surface area contributed by atoms with Gasteiger partial charge in [0.2, 0.25) is 0 Å². The topological polar surface area (TPSA) is 24.4 Å². The number of hydrogen-bond acceptors (Lipinski definition) is 2. The van der Waals surface area contributed by atoms with Crippen LogP contribution in [0.3, 0.4) is 0 Å². The van der Waals surface area contributed by atoms with E-state index in [0.717, 1.165) is 18.4 Å². The third-order valence-electron chi connectivity index (χ3n) is 4.44. The van der Waals surface area contributed by atoms with E-state index in [1.165, 1.54) is 55.9 Å². The van der Waals surface area contributed by atoms with Gasteiger partial charge in [0.05, 0.1) is 0 Å². The van der Waals surface area contributed by atoms with Crippen molar-refractivity contribution in [2.45, 2.75) is 57.4 Å². The highest BCUT2D eigenvalue weighted by Crippen LogP contribution is 2.39. The zero-order valence-corrected chi connectivity index (χ0v) is 11.7. The van der Waals surface area contributed by atoms with Gasteiger partial charge >= 0.3 is 0 Å². The fourth-order valence-corrected chi connectivity index (χ4v) is 4.47. The van der Waals surface area contributed by atoms with Gasteiger partial charge in [0, 0.05) is 17.8 Å². The smallest absolute Gasteiger partial charge is 0.157 e. The first-order valence-corrected chi connectivity index (χ1v) is 8.20. The van der Waals surface area contributed by atoms with E-state index in [2.05, 4.69) is 12.2 Å². The molecule has 0 aromatic carbocycles. The number of nitrogens with zero attached hydrogens (tertiary/aromatic N) is 1. The van der Waals surface area contributed by atoms with Gasteiger partial charge in [-0.15, -0.1) is 0 Å². The van der Waals surface area contributed by atoms with E-state index in [1.807, 2.05) is 11.8 Å². The number of nitrogens with one attached hydrogen (secondary N) is 1. The second kappa shape index (κ2) is 4.83. The van der Waals surface area contributed by atoms with Crippen molar-refractivity contribution in [2.75, 3.05) is 12.3 Å². The van der Waals surface area contributed by atoms with Gasteiger partial charge in [0.1, 0.15) is 0 Å². The fourth-order valence-electron chi connectivity index (χ4n) is 3.25. The molecule has 1 aliphatic heterocycles. The summed E-state index contributed by atoms with van der Waals surface area (Å²) in [6, 6.07) is 0. The molecule has 2 nitrogen and oxygen atoms in total. The Morgan fingerprint density at radius 3 is 3.06 bits per heavy atom. The fraction of sp³-hybridized carbons (Fsp3) is 0.929. The van der Waals surface area contributed by atoms with Gasteiger partial charge in [0.15, 0.2) is 5.17 Å². The summed E-state index contributed by atoms with van der Waals surface area (Å²) < 4.78 is 0. The lowest BCUT2D eigenvalue weighted by Gasteiger charge is -2.36. The highest BCUT2D eigenvalue weighted by Gasteiger charge is 2.40. The van der Waals surface area contributed by atoms with Crippen molar-refractivity contribution < 1.29 is 0 Å². The molecule has 3 fully saturated rings. The first-order chi connectivity index (χ1) is 8.26. The second-order valence-corrected chi connectivity index (χ2v) is 7.28. The molecule has 2 saturated carbocycles. The lowest BCUT2D eigenvalue weighted by atomic mass is 9.78. The average Bonchev–Trinajstić information content (AvgIpc) is 3.03. The van der Waals surface area contributed by atoms with Crippen LogP contribution in [0.5, 0.6) is 0 Å². The maximum atomic E-state index is 4.75. The Kier molecular flexibility index (Phi) is 3.38. The second-order valence-electron chi connectivity index (χ2n) is 6.31. The molecule has 3 heteroatoms. The summed E-state index contributed by atoms with van der Waals surface area (Å²) in [6.45, 7) is 3.45. The molecule has 0 bridgehead atoms. The summed E-state index contributed by atoms with van der Waals surface area (Å²) in [5, 5.41) is 4.98. The van der Waals surface area contributed by atoms with Gasteiger partial charge in [-0.2, -0.15) is 0 Å². The van der Waals surface area contributed by atoms with Gasteiger partial charge in [-0.3, -0.25) is 4.99 Å². The Balaban J connectivity index is 1.52. The molecule has 1 spiro atoms. The van der Waals surface area contributed by atoms with Crippen LogP contribution in [0.25, 0.3) is 0 Å². The van der Waals surface area contributed by atoms with Crippen molar-refractivity contribution in [2.24, 2.45) is 16.8 Å². The Hall–Kier alpha value is -0.180. The molecule has 0 radical (unpaired) electrons. The van der Waals surface area contributed by atoms with Crippen LogP contribution in [0, 0.1) is 11.8 Å². The number of aliphatic imine (C=N–C) groups is 1. The molecule has 1 heterocycles. The third-order valence-corrected chi connectivity index (χ3v) is 5.64. The third kappa shape index (κ3) is 2.98. The molecule has 3 rings (SSSR count). The van der Waals surface area contributed by atoms with E-state index in [-0.39, 0.29) is 0 Å². The monoisotopic (exact) mass is 252 g/mol. The molecule has 3 aliphatic rings. The van der Waals surface area contributed by atoms with Crippen LogP contribution in [-0.4, -0.2) is 23.0 Å². The van der Waals surface area contributed by atoms with Crippen molar-refractivity contribution in [3.8, 4) is 0 Å². The van der Waals surface area contributed by atoms with Crippen molar-refractivity contribution in [1.29, 1.82) is 0 Å². The SMILES string of the molecule is CC1CCCC2(CSC(=NCCC3CC3)N2)C1. The zero-order chi connectivity index (χ0) is 11.7. The summed E-state index contributed by atoms with van der Waals surface area (Å²) in [6.07, 6.45) is 9.73. The highest BCUT2D eigenvalue weighted by molar-refractivity contribution is 8.14. The molecule has 0 aromatic heterocycles. The average molecular weight is 252 g/mol. The van der Waals surface area contributed by atoms with Crippen LogP contribution in [0.2, 0.25) is 0 Å². The van der Waals surface area contributed by atoms with Crippen LogP contribution >= 0.6 is 11.8 Å². The predicted octanol–water partition coefficient (Wildman–Crippen LogP) is 3.43. The van der Waals surface area contributed by atoms with Gasteiger partial charge in [-0.1, -0.05) is 44.4 Å². The molecule has 0 aromatic rings. The number of hydrogen-bond donors (Lipinski definition) is 1. The van der Waals surface area contributed by atoms with Gasteiger partial charge in [-0.25, -0.2) is 0 Å². The van der Waals surface area contributed by atoms with E-state index >= 15 is 0 Å². The van der Waals surface area contributed by atoms with E-state index in [1.54, 1.807) is 0 Å². The van der Waals surface area contributed by atoms with E-state index in [0.29, 0.717) is 5.54 Å². The zero-order valence-electron chi connectivity index (χ0n) is 10.9. The summed E-state index contributed by atoms with van der Waals surface area (Å²) in [5.74, 6) is 3.15. The van der Waals surface area contributed by atoms with E-state index < -0.39 is 0 Å². The Morgan fingerprint density at radius 2 is 2.29 bits per heavy atom. The summed E-state index contributed by atoms with van der Waals surface area (Å²) >= 11 is 1.96. The lowest BCUT2D eigenvalue weighted by molar-refractivity contribution is 0.242. The molecular weight excluding hydrogens is 228 g/mol. The Labute approximate surface area is 109 Å². The molecule has 1 N–H and O–H groups in total. The van der Waals surface area contributed by atoms with Crippen molar-refractivity contribution in [3.63, 3.8) is 0 Å². The Morgan fingerprint density at radius 1 is 1.41 bits per heavy atom. The van der Waals surface area contributed by atoms with Gasteiger partial charge in [0.25, 0.3) is 0 Å². The quantitative estimate of drug-likeness (QED) is 0.832. The van der Waals surface area contributed by atoms with Gasteiger partial charge in [-0.05, 0) is 31.1 Å². The number of rotatable bonds is 3. The lowest BCUT2D eigenvalue weighted by Crippen LogP contribution is -2.47. The van der Waals surface area contributed by atoms with Crippen LogP contribution < -0.4 is 5.32 Å². The predicted molar refractivity (Wildman–Crippen MR) is 75.6 cm³/mol. The van der Waals surface area contributed by atoms with Crippen LogP contribution in [-0.2, 0) is 0 Å². The molecule has 1 saturated heterocycles. The Bertz CT molecular complexity index is 311. The molecule has 2 atom stereocenters. The largest absolute Gasteiger partial charge is 0.359 e. The van der Waals surface area contributed by atoms with Crippen LogP contribution in [0.15, 0.2) is 4.99 Å². The minimum atomic E-state index is 0.404. The van der Waals surface area contributed by atoms with Crippen molar-refractivity contribution in [3.05, 3.63) is 0 Å². The van der Waals surface area contributed by atoms with Crippen molar-refractivity contribution in [1.82, 2.24) is 5.32 Å². The molecule has 0 amide bonds. The highest BCUT2D eigenvalue weighted by atomic mass is 32.2. The molecule has 2 aliphatic carbocycles. The van der Waals surface area contributed by atoms with Crippen LogP contribution in [0.4, 0.5) is 0 Å². The van der Waals surface area contributed by atoms with Crippen LogP contribution in [0.1, 0.15) is 51.9 Å². The first kappa shape index (κ1) is 11.9. The van der Waals surface area contributed by atoms with Crippen molar-refractivity contribution >= 4 is 16.9 Å². The summed E-state index contributed by atoms with van der Waals surface area (Å²) in [5.41, 5.74) is 0.404. The molecule has 2 unspecified atom stereocenters. The summed E-state index contributed by atoms with van der Waals surface area (Å²) in [7, 11) is 0. The van der Waals surface area contributed by atoms with E-state index in [9.17, 15) is 0 Å². The minimum Gasteiger partial charge on any atom is -0.359 e. The van der Waals surface area contributed by atoms with Gasteiger partial charge < -0.3 is 5.32 Å². The standard InChI is InChI=1S/C14H24N2S/c1-11-3-2-7-14(9-11)10-17-13(16-14)15-8-6-12-4-5-12/h11-12H,2-10H2,1H3,(H,15,16). The summed E-state index contributed by atoms with van der Waals surface area (Å²) in [4.78, 5) is 4.75.